The molecule has 0 bridgehead atoms. The minimum atomic E-state index is -0.106. The zero-order valence-corrected chi connectivity index (χ0v) is 12.2. The first-order chi connectivity index (χ1) is 8.47. The van der Waals surface area contributed by atoms with Crippen LogP contribution in [0.4, 0.5) is 0 Å². The van der Waals surface area contributed by atoms with Gasteiger partial charge in [-0.15, -0.1) is 0 Å². The number of benzene rings is 1. The Bertz CT molecular complexity index is 632. The molecule has 1 aromatic carbocycles. The van der Waals surface area contributed by atoms with Crippen LogP contribution in [0.1, 0.15) is 31.0 Å². The minimum Gasteiger partial charge on any atom is -0.307 e. The van der Waals surface area contributed by atoms with Crippen molar-refractivity contribution in [2.45, 2.75) is 26.7 Å². The van der Waals surface area contributed by atoms with E-state index < -0.39 is 0 Å². The molecule has 0 fully saturated rings. The number of H-pyrrole nitrogens is 1. The Balaban J connectivity index is 2.60. The highest BCUT2D eigenvalue weighted by molar-refractivity contribution is 9.10. The molecule has 0 unspecified atom stereocenters. The molecule has 3 nitrogen and oxygen atoms in total. The number of rotatable bonds is 2. The first-order valence-electron chi connectivity index (χ1n) is 5.85. The van der Waals surface area contributed by atoms with E-state index >= 15 is 0 Å². The summed E-state index contributed by atoms with van der Waals surface area (Å²) < 4.78 is 1.02. The third kappa shape index (κ3) is 2.70. The van der Waals surface area contributed by atoms with Crippen LogP contribution in [0.3, 0.4) is 0 Å². The van der Waals surface area contributed by atoms with E-state index in [1.807, 2.05) is 39.0 Å². The highest BCUT2D eigenvalue weighted by Gasteiger charge is 2.09. The van der Waals surface area contributed by atoms with Gasteiger partial charge in [-0.25, -0.2) is 4.98 Å². The van der Waals surface area contributed by atoms with Gasteiger partial charge < -0.3 is 4.98 Å². The molecule has 1 aromatic heterocycles. The predicted molar refractivity (Wildman–Crippen MR) is 76.8 cm³/mol. The monoisotopic (exact) mass is 306 g/mol. The maximum Gasteiger partial charge on any atom is 0.251 e. The fourth-order valence-corrected chi connectivity index (χ4v) is 2.27. The Morgan fingerprint density at radius 1 is 1.28 bits per heavy atom. The first-order valence-corrected chi connectivity index (χ1v) is 6.64. The van der Waals surface area contributed by atoms with Gasteiger partial charge in [-0.3, -0.25) is 4.79 Å². The van der Waals surface area contributed by atoms with E-state index in [-0.39, 0.29) is 11.5 Å². The minimum absolute atomic E-state index is 0.106. The molecule has 94 valence electrons. The molecule has 18 heavy (non-hydrogen) atoms. The number of nitrogens with one attached hydrogen (secondary N) is 1. The number of nitrogens with zero attached hydrogens (tertiary/aromatic N) is 1. The number of aryl methyl sites for hydroxylation is 1. The van der Waals surface area contributed by atoms with Gasteiger partial charge in [0, 0.05) is 16.1 Å². The third-order valence-electron chi connectivity index (χ3n) is 2.80. The summed E-state index contributed by atoms with van der Waals surface area (Å²) in [5.74, 6) is 0.873. The summed E-state index contributed by atoms with van der Waals surface area (Å²) in [6.45, 7) is 6.06. The largest absolute Gasteiger partial charge is 0.307 e. The summed E-state index contributed by atoms with van der Waals surface area (Å²) in [5, 5.41) is 0. The van der Waals surface area contributed by atoms with Gasteiger partial charge in [0.2, 0.25) is 0 Å². The molecular formula is C14H15BrN2O. The molecule has 2 aromatic rings. The lowest BCUT2D eigenvalue weighted by Crippen LogP contribution is -2.11. The quantitative estimate of drug-likeness (QED) is 0.921. The van der Waals surface area contributed by atoms with E-state index in [2.05, 4.69) is 25.9 Å². The van der Waals surface area contributed by atoms with Crippen LogP contribution in [0, 0.1) is 6.92 Å². The molecule has 0 aliphatic carbocycles. The average molecular weight is 307 g/mol. The van der Waals surface area contributed by atoms with Crippen molar-refractivity contribution in [1.29, 1.82) is 0 Å². The number of aromatic amines is 1. The van der Waals surface area contributed by atoms with E-state index in [9.17, 15) is 4.79 Å². The SMILES string of the molecule is Cc1cc(Br)ccc1-c1nc(C(C)C)cc(=O)[nH]1. The molecule has 0 atom stereocenters. The summed E-state index contributed by atoms with van der Waals surface area (Å²) in [5.41, 5.74) is 2.74. The highest BCUT2D eigenvalue weighted by Crippen LogP contribution is 2.23. The average Bonchev–Trinajstić information content (AvgIpc) is 2.27. The molecule has 0 spiro atoms. The second-order valence-corrected chi connectivity index (χ2v) is 5.55. The van der Waals surface area contributed by atoms with Gasteiger partial charge >= 0.3 is 0 Å². The Labute approximate surface area is 114 Å². The van der Waals surface area contributed by atoms with Gasteiger partial charge in [0.05, 0.1) is 5.69 Å². The van der Waals surface area contributed by atoms with E-state index in [1.54, 1.807) is 6.07 Å². The Hall–Kier alpha value is -1.42. The molecule has 2 rings (SSSR count). The molecule has 0 aliphatic heterocycles. The van der Waals surface area contributed by atoms with E-state index in [4.69, 9.17) is 0 Å². The zero-order valence-electron chi connectivity index (χ0n) is 10.6. The molecule has 1 heterocycles. The van der Waals surface area contributed by atoms with Gasteiger partial charge in [0.15, 0.2) is 0 Å². The predicted octanol–water partition coefficient (Wildman–Crippen LogP) is 3.63. The van der Waals surface area contributed by atoms with Crippen molar-refractivity contribution in [3.8, 4) is 11.4 Å². The van der Waals surface area contributed by atoms with Crippen LogP contribution in [-0.4, -0.2) is 9.97 Å². The highest BCUT2D eigenvalue weighted by atomic mass is 79.9. The van der Waals surface area contributed by atoms with Crippen LogP contribution in [0.5, 0.6) is 0 Å². The summed E-state index contributed by atoms with van der Waals surface area (Å²) in [7, 11) is 0. The van der Waals surface area contributed by atoms with E-state index in [0.717, 1.165) is 21.3 Å². The normalized spacial score (nSPS) is 10.9. The van der Waals surface area contributed by atoms with Crippen LogP contribution >= 0.6 is 15.9 Å². The molecule has 1 N–H and O–H groups in total. The molecular weight excluding hydrogens is 292 g/mol. The lowest BCUT2D eigenvalue weighted by Gasteiger charge is -2.09. The number of halogens is 1. The molecule has 4 heteroatoms. The molecule has 0 saturated carbocycles. The van der Waals surface area contributed by atoms with Crippen molar-refractivity contribution in [3.63, 3.8) is 0 Å². The molecule has 0 aliphatic rings. The summed E-state index contributed by atoms with van der Waals surface area (Å²) in [6, 6.07) is 7.48. The van der Waals surface area contributed by atoms with Gasteiger partial charge in [-0.1, -0.05) is 29.8 Å². The fourth-order valence-electron chi connectivity index (χ4n) is 1.79. The summed E-state index contributed by atoms with van der Waals surface area (Å²) in [6.07, 6.45) is 0. The maximum absolute atomic E-state index is 11.7. The molecule has 0 radical (unpaired) electrons. The van der Waals surface area contributed by atoms with Crippen molar-refractivity contribution >= 4 is 15.9 Å². The van der Waals surface area contributed by atoms with Crippen LogP contribution in [-0.2, 0) is 0 Å². The van der Waals surface area contributed by atoms with Crippen molar-refractivity contribution in [1.82, 2.24) is 9.97 Å². The summed E-state index contributed by atoms with van der Waals surface area (Å²) >= 11 is 3.43. The standard InChI is InChI=1S/C14H15BrN2O/c1-8(2)12-7-13(18)17-14(16-12)11-5-4-10(15)6-9(11)3/h4-8H,1-3H3,(H,16,17,18). The van der Waals surface area contributed by atoms with Crippen molar-refractivity contribution < 1.29 is 0 Å². The van der Waals surface area contributed by atoms with Gasteiger partial charge in [0.1, 0.15) is 5.82 Å². The van der Waals surface area contributed by atoms with Crippen LogP contribution in [0.15, 0.2) is 33.5 Å². The van der Waals surface area contributed by atoms with E-state index in [0.29, 0.717) is 5.82 Å². The fraction of sp³-hybridized carbons (Fsp3) is 0.286. The van der Waals surface area contributed by atoms with Gasteiger partial charge in [0.25, 0.3) is 5.56 Å². The number of aromatic nitrogens is 2. The second-order valence-electron chi connectivity index (χ2n) is 4.63. The Morgan fingerprint density at radius 2 is 2.00 bits per heavy atom. The van der Waals surface area contributed by atoms with Gasteiger partial charge in [-0.05, 0) is 36.6 Å². The Morgan fingerprint density at radius 3 is 2.61 bits per heavy atom. The lowest BCUT2D eigenvalue weighted by molar-refractivity contribution is 0.812. The number of hydrogen-bond acceptors (Lipinski definition) is 2. The van der Waals surface area contributed by atoms with Crippen molar-refractivity contribution in [2.24, 2.45) is 0 Å². The third-order valence-corrected chi connectivity index (χ3v) is 3.29. The smallest absolute Gasteiger partial charge is 0.251 e. The van der Waals surface area contributed by atoms with Crippen LogP contribution < -0.4 is 5.56 Å². The zero-order chi connectivity index (χ0) is 13.3. The van der Waals surface area contributed by atoms with Gasteiger partial charge in [-0.2, -0.15) is 0 Å². The van der Waals surface area contributed by atoms with Crippen LogP contribution in [0.25, 0.3) is 11.4 Å². The van der Waals surface area contributed by atoms with E-state index in [1.165, 1.54) is 0 Å². The molecule has 0 amide bonds. The maximum atomic E-state index is 11.7. The van der Waals surface area contributed by atoms with Crippen molar-refractivity contribution in [3.05, 3.63) is 50.3 Å². The summed E-state index contributed by atoms with van der Waals surface area (Å²) in [4.78, 5) is 19.0. The number of hydrogen-bond donors (Lipinski definition) is 1. The van der Waals surface area contributed by atoms with Crippen molar-refractivity contribution in [2.75, 3.05) is 0 Å². The molecule has 0 saturated heterocycles. The topological polar surface area (TPSA) is 45.8 Å². The Kier molecular flexibility index (Phi) is 3.66. The lowest BCUT2D eigenvalue weighted by atomic mass is 10.1. The van der Waals surface area contributed by atoms with Crippen LogP contribution in [0.2, 0.25) is 0 Å². The first kappa shape index (κ1) is 13.0. The second kappa shape index (κ2) is 5.06.